The number of esters is 1. The van der Waals surface area contributed by atoms with E-state index < -0.39 is 0 Å². The molecule has 2 aliphatic rings. The molecule has 3 nitrogen and oxygen atoms in total. The van der Waals surface area contributed by atoms with Crippen molar-refractivity contribution >= 4 is 5.97 Å². The van der Waals surface area contributed by atoms with E-state index in [0.717, 1.165) is 42.6 Å². The van der Waals surface area contributed by atoms with Crippen LogP contribution in [0.15, 0.2) is 47.1 Å². The maximum absolute atomic E-state index is 11.7. The average molecular weight is 284 g/mol. The highest BCUT2D eigenvalue weighted by atomic mass is 16.5. The fourth-order valence-corrected chi connectivity index (χ4v) is 3.13. The van der Waals surface area contributed by atoms with Crippen LogP contribution in [0.5, 0.6) is 5.75 Å². The highest BCUT2D eigenvalue weighted by molar-refractivity contribution is 5.90. The van der Waals surface area contributed by atoms with Gasteiger partial charge in [0.25, 0.3) is 0 Å². The number of rotatable bonds is 2. The lowest BCUT2D eigenvalue weighted by molar-refractivity contribution is -0.136. The quantitative estimate of drug-likeness (QED) is 0.779. The van der Waals surface area contributed by atoms with E-state index >= 15 is 0 Å². The Bertz CT molecular complexity index is 625. The molecule has 1 aromatic rings. The van der Waals surface area contributed by atoms with Gasteiger partial charge >= 0.3 is 5.97 Å². The molecule has 0 saturated carbocycles. The van der Waals surface area contributed by atoms with Crippen molar-refractivity contribution in [2.24, 2.45) is 0 Å². The normalized spacial score (nSPS) is 21.2. The largest absolute Gasteiger partial charge is 0.486 e. The zero-order valence-electron chi connectivity index (χ0n) is 12.5. The number of para-hydroxylation sites is 1. The van der Waals surface area contributed by atoms with E-state index in [1.54, 1.807) is 0 Å². The van der Waals surface area contributed by atoms with Crippen molar-refractivity contribution in [1.29, 1.82) is 0 Å². The Hall–Kier alpha value is -2.03. The number of benzene rings is 1. The van der Waals surface area contributed by atoms with Gasteiger partial charge < -0.3 is 9.47 Å². The predicted molar refractivity (Wildman–Crippen MR) is 81.2 cm³/mol. The van der Waals surface area contributed by atoms with Crippen LogP contribution in [0.25, 0.3) is 0 Å². The Morgan fingerprint density at radius 2 is 2.05 bits per heavy atom. The highest BCUT2D eigenvalue weighted by Crippen LogP contribution is 2.34. The Morgan fingerprint density at radius 3 is 2.81 bits per heavy atom. The number of carbonyl (C=O) groups excluding carboxylic acids is 1. The summed E-state index contributed by atoms with van der Waals surface area (Å²) in [6.07, 6.45) is 5.90. The number of methoxy groups -OCH3 is 1. The molecular formula is C18H20O3. The molecule has 110 valence electrons. The molecular weight excluding hydrogens is 264 g/mol. The molecule has 1 aromatic carbocycles. The molecule has 0 fully saturated rings. The summed E-state index contributed by atoms with van der Waals surface area (Å²) in [6.45, 7) is 1.97. The smallest absolute Gasteiger partial charge is 0.333 e. The number of hydrogen-bond donors (Lipinski definition) is 0. The van der Waals surface area contributed by atoms with Crippen molar-refractivity contribution in [2.75, 3.05) is 7.11 Å². The minimum Gasteiger partial charge on any atom is -0.486 e. The molecule has 0 saturated heterocycles. The lowest BCUT2D eigenvalue weighted by Crippen LogP contribution is -2.26. The van der Waals surface area contributed by atoms with Gasteiger partial charge in [-0.25, -0.2) is 4.79 Å². The predicted octanol–water partition coefficient (Wildman–Crippen LogP) is 3.59. The van der Waals surface area contributed by atoms with Gasteiger partial charge in [-0.15, -0.1) is 0 Å². The summed E-state index contributed by atoms with van der Waals surface area (Å²) in [5, 5.41) is 0. The van der Waals surface area contributed by atoms with Crippen LogP contribution in [-0.2, 0) is 16.0 Å². The number of ether oxygens (including phenoxy) is 2. The molecule has 0 N–H and O–H groups in total. The van der Waals surface area contributed by atoms with Crippen molar-refractivity contribution in [3.8, 4) is 5.75 Å². The Kier molecular flexibility index (Phi) is 3.82. The topological polar surface area (TPSA) is 35.5 Å². The zero-order valence-corrected chi connectivity index (χ0v) is 12.5. The molecule has 3 heteroatoms. The number of fused-ring (bicyclic) bond motifs is 1. The molecule has 3 rings (SSSR count). The van der Waals surface area contributed by atoms with Gasteiger partial charge in [0.05, 0.1) is 7.11 Å². The van der Waals surface area contributed by atoms with Crippen LogP contribution in [0.3, 0.4) is 0 Å². The van der Waals surface area contributed by atoms with Gasteiger partial charge in [-0.3, -0.25) is 0 Å². The molecule has 0 spiro atoms. The van der Waals surface area contributed by atoms with Crippen LogP contribution in [0, 0.1) is 0 Å². The third-order valence-corrected chi connectivity index (χ3v) is 4.30. The molecule has 0 amide bonds. The summed E-state index contributed by atoms with van der Waals surface area (Å²) in [7, 11) is 1.43. The summed E-state index contributed by atoms with van der Waals surface area (Å²) in [6, 6.07) is 8.23. The van der Waals surface area contributed by atoms with Crippen LogP contribution in [-0.4, -0.2) is 19.2 Å². The summed E-state index contributed by atoms with van der Waals surface area (Å²) >= 11 is 0. The maximum atomic E-state index is 11.7. The second kappa shape index (κ2) is 5.76. The second-order valence-electron chi connectivity index (χ2n) is 5.63. The van der Waals surface area contributed by atoms with Gasteiger partial charge in [0.1, 0.15) is 11.9 Å². The van der Waals surface area contributed by atoms with Gasteiger partial charge in [0.2, 0.25) is 0 Å². The fraction of sp³-hybridized carbons (Fsp3) is 0.389. The third-order valence-electron chi connectivity index (χ3n) is 4.30. The molecule has 0 bridgehead atoms. The van der Waals surface area contributed by atoms with Gasteiger partial charge in [-0.2, -0.15) is 0 Å². The van der Waals surface area contributed by atoms with Crippen LogP contribution >= 0.6 is 0 Å². The first-order valence-electron chi connectivity index (χ1n) is 7.42. The second-order valence-corrected chi connectivity index (χ2v) is 5.63. The Balaban J connectivity index is 1.81. The summed E-state index contributed by atoms with van der Waals surface area (Å²) in [4.78, 5) is 11.7. The molecule has 0 radical (unpaired) electrons. The molecule has 1 unspecified atom stereocenters. The summed E-state index contributed by atoms with van der Waals surface area (Å²) in [5.41, 5.74) is 4.37. The van der Waals surface area contributed by atoms with Crippen molar-refractivity contribution < 1.29 is 14.3 Å². The van der Waals surface area contributed by atoms with E-state index in [4.69, 9.17) is 9.47 Å². The van der Waals surface area contributed by atoms with Gasteiger partial charge in [-0.05, 0) is 55.4 Å². The minimum atomic E-state index is -0.210. The molecule has 1 aliphatic carbocycles. The van der Waals surface area contributed by atoms with Crippen molar-refractivity contribution in [1.82, 2.24) is 0 Å². The number of allylic oxidation sites excluding steroid dienone is 2. The van der Waals surface area contributed by atoms with Crippen molar-refractivity contribution in [2.45, 2.75) is 38.7 Å². The van der Waals surface area contributed by atoms with Crippen molar-refractivity contribution in [3.63, 3.8) is 0 Å². The Labute approximate surface area is 125 Å². The van der Waals surface area contributed by atoms with Crippen LogP contribution < -0.4 is 4.74 Å². The zero-order chi connectivity index (χ0) is 14.8. The monoisotopic (exact) mass is 284 g/mol. The van der Waals surface area contributed by atoms with Crippen molar-refractivity contribution in [3.05, 3.63) is 52.6 Å². The number of carbonyl (C=O) groups is 1. The molecule has 21 heavy (non-hydrogen) atoms. The van der Waals surface area contributed by atoms with E-state index in [9.17, 15) is 4.79 Å². The molecule has 1 aliphatic heterocycles. The van der Waals surface area contributed by atoms with E-state index in [-0.39, 0.29) is 12.1 Å². The lowest BCUT2D eigenvalue weighted by atomic mass is 9.87. The van der Waals surface area contributed by atoms with E-state index in [2.05, 4.69) is 18.2 Å². The van der Waals surface area contributed by atoms with Crippen LogP contribution in [0.1, 0.15) is 31.7 Å². The van der Waals surface area contributed by atoms with Gasteiger partial charge in [0, 0.05) is 5.57 Å². The third kappa shape index (κ3) is 2.73. The lowest BCUT2D eigenvalue weighted by Gasteiger charge is -2.30. The maximum Gasteiger partial charge on any atom is 0.333 e. The Morgan fingerprint density at radius 1 is 1.24 bits per heavy atom. The summed E-state index contributed by atoms with van der Waals surface area (Å²) in [5.74, 6) is 0.785. The molecule has 1 heterocycles. The van der Waals surface area contributed by atoms with E-state index in [0.29, 0.717) is 0 Å². The highest BCUT2D eigenvalue weighted by Gasteiger charge is 2.26. The van der Waals surface area contributed by atoms with Gasteiger partial charge in [0.15, 0.2) is 0 Å². The van der Waals surface area contributed by atoms with E-state index in [1.807, 2.05) is 19.1 Å². The van der Waals surface area contributed by atoms with Crippen LogP contribution in [0.2, 0.25) is 0 Å². The first-order chi connectivity index (χ1) is 10.2. The van der Waals surface area contributed by atoms with E-state index in [1.165, 1.54) is 18.2 Å². The molecule has 1 atom stereocenters. The molecule has 0 aromatic heterocycles. The average Bonchev–Trinajstić information content (AvgIpc) is 2.53. The number of aryl methyl sites for hydroxylation is 1. The standard InChI is InChI=1S/C18H20O3/c1-12-11-14(7-9-15(12)18(19)20-2)17-10-8-13-5-3-4-6-16(13)21-17/h3-6,11,17H,7-10H2,1-2H3. The van der Waals surface area contributed by atoms with Gasteiger partial charge in [-0.1, -0.05) is 24.3 Å². The first-order valence-corrected chi connectivity index (χ1v) is 7.42. The fourth-order valence-electron chi connectivity index (χ4n) is 3.13. The SMILES string of the molecule is COC(=O)C1=C(C)C=C(C2CCc3ccccc3O2)CC1. The minimum absolute atomic E-state index is 0.133. The van der Waals surface area contributed by atoms with Crippen LogP contribution in [0.4, 0.5) is 0 Å². The first kappa shape index (κ1) is 13.9. The number of hydrogen-bond acceptors (Lipinski definition) is 3. The summed E-state index contributed by atoms with van der Waals surface area (Å²) < 4.78 is 11.0.